The fourth-order valence-corrected chi connectivity index (χ4v) is 4.03. The van der Waals surface area contributed by atoms with Crippen LogP contribution in [0.1, 0.15) is 54.6 Å². The van der Waals surface area contributed by atoms with Crippen molar-refractivity contribution in [2.45, 2.75) is 43.7 Å². The van der Waals surface area contributed by atoms with Gasteiger partial charge >= 0.3 is 6.03 Å². The van der Waals surface area contributed by atoms with Gasteiger partial charge in [-0.1, -0.05) is 11.6 Å². The van der Waals surface area contributed by atoms with E-state index in [1.165, 1.54) is 27.9 Å². The number of halogens is 1. The van der Waals surface area contributed by atoms with E-state index in [4.69, 9.17) is 11.6 Å². The molecule has 0 spiro atoms. The topological polar surface area (TPSA) is 113 Å². The molecule has 1 heterocycles. The molecule has 0 aliphatic heterocycles. The monoisotopic (exact) mass is 453 g/mol. The molecule has 1 aliphatic carbocycles. The number of hydrogen-bond acceptors (Lipinski definition) is 5. The molecule has 0 atom stereocenters. The number of hydrogen-bond donors (Lipinski definition) is 2. The molecule has 1 aromatic heterocycles. The molecule has 2 N–H and O–H groups in total. The van der Waals surface area contributed by atoms with Gasteiger partial charge in [-0.15, -0.1) is 0 Å². The Bertz CT molecular complexity index is 1090. The van der Waals surface area contributed by atoms with E-state index in [9.17, 15) is 18.0 Å². The molecular formula is C19H24ClN5O4S. The van der Waals surface area contributed by atoms with Gasteiger partial charge in [0.2, 0.25) is 0 Å². The van der Waals surface area contributed by atoms with Crippen LogP contribution in [0.5, 0.6) is 0 Å². The van der Waals surface area contributed by atoms with Crippen molar-refractivity contribution in [2.24, 2.45) is 0 Å². The van der Waals surface area contributed by atoms with Gasteiger partial charge in [0.15, 0.2) is 5.03 Å². The number of rotatable bonds is 6. The SMILES string of the molecule is CC(C)n1ccc(S(=O)(=O)NC(=O)Nc2c(C(=O)N(C)C)cc(Cl)cc2C2CC2)n1. The Morgan fingerprint density at radius 1 is 1.27 bits per heavy atom. The summed E-state index contributed by atoms with van der Waals surface area (Å²) >= 11 is 6.19. The third-order valence-corrected chi connectivity index (χ3v) is 6.08. The van der Waals surface area contributed by atoms with Gasteiger partial charge in [0.1, 0.15) is 0 Å². The van der Waals surface area contributed by atoms with E-state index in [2.05, 4.69) is 10.4 Å². The maximum atomic E-state index is 12.6. The summed E-state index contributed by atoms with van der Waals surface area (Å²) in [6.45, 7) is 3.71. The van der Waals surface area contributed by atoms with E-state index in [-0.39, 0.29) is 34.1 Å². The van der Waals surface area contributed by atoms with Crippen molar-refractivity contribution in [1.82, 2.24) is 19.4 Å². The van der Waals surface area contributed by atoms with Crippen LogP contribution >= 0.6 is 11.6 Å². The van der Waals surface area contributed by atoms with Crippen molar-refractivity contribution in [1.29, 1.82) is 0 Å². The molecule has 0 bridgehead atoms. The molecule has 1 saturated carbocycles. The first kappa shape index (κ1) is 22.1. The number of nitrogens with zero attached hydrogens (tertiary/aromatic N) is 3. The third-order valence-electron chi connectivity index (χ3n) is 4.64. The van der Waals surface area contributed by atoms with Gasteiger partial charge in [-0.05, 0) is 56.4 Å². The first-order valence-electron chi connectivity index (χ1n) is 9.43. The zero-order chi connectivity index (χ0) is 22.2. The van der Waals surface area contributed by atoms with Gasteiger partial charge in [0, 0.05) is 31.4 Å². The molecule has 9 nitrogen and oxygen atoms in total. The summed E-state index contributed by atoms with van der Waals surface area (Å²) in [6.07, 6.45) is 3.32. The van der Waals surface area contributed by atoms with Crippen LogP contribution in [0.15, 0.2) is 29.4 Å². The van der Waals surface area contributed by atoms with Crippen molar-refractivity contribution in [2.75, 3.05) is 19.4 Å². The molecule has 1 aliphatic rings. The van der Waals surface area contributed by atoms with Gasteiger partial charge in [0.25, 0.3) is 15.9 Å². The minimum Gasteiger partial charge on any atom is -0.345 e. The van der Waals surface area contributed by atoms with Crippen molar-refractivity contribution in [3.05, 3.63) is 40.5 Å². The second-order valence-electron chi connectivity index (χ2n) is 7.68. The lowest BCUT2D eigenvalue weighted by Gasteiger charge is -2.19. The maximum absolute atomic E-state index is 12.6. The molecule has 0 unspecified atom stereocenters. The van der Waals surface area contributed by atoms with Crippen LogP contribution in [-0.4, -0.2) is 49.1 Å². The predicted molar refractivity (Wildman–Crippen MR) is 113 cm³/mol. The molecule has 3 amide bonds. The number of urea groups is 1. The van der Waals surface area contributed by atoms with E-state index in [1.54, 1.807) is 20.2 Å². The smallest absolute Gasteiger partial charge is 0.333 e. The highest BCUT2D eigenvalue weighted by atomic mass is 35.5. The van der Waals surface area contributed by atoms with Gasteiger partial charge in [-0.25, -0.2) is 9.52 Å². The van der Waals surface area contributed by atoms with E-state index < -0.39 is 16.1 Å². The number of anilines is 1. The second kappa shape index (κ2) is 8.27. The van der Waals surface area contributed by atoms with Crippen molar-refractivity contribution >= 4 is 39.2 Å². The first-order chi connectivity index (χ1) is 14.0. The Hall–Kier alpha value is -2.59. The number of nitrogens with one attached hydrogen (secondary N) is 2. The van der Waals surface area contributed by atoms with Crippen LogP contribution in [-0.2, 0) is 10.0 Å². The fraction of sp³-hybridized carbons (Fsp3) is 0.421. The zero-order valence-corrected chi connectivity index (χ0v) is 18.7. The van der Waals surface area contributed by atoms with Gasteiger partial charge < -0.3 is 10.2 Å². The Morgan fingerprint density at radius 2 is 1.93 bits per heavy atom. The van der Waals surface area contributed by atoms with Crippen molar-refractivity contribution in [3.8, 4) is 0 Å². The average molecular weight is 454 g/mol. The standard InChI is InChI=1S/C19H24ClN5O4S/c1-11(2)25-8-7-16(22-25)30(28,29)23-19(27)21-17-14(12-5-6-12)9-13(20)10-15(17)18(26)24(3)4/h7-12H,5-6H2,1-4H3,(H2,21,23,27). The van der Waals surface area contributed by atoms with Gasteiger partial charge in [-0.3, -0.25) is 9.48 Å². The normalized spacial score (nSPS) is 13.9. The van der Waals surface area contributed by atoms with Gasteiger partial charge in [-0.2, -0.15) is 13.5 Å². The summed E-state index contributed by atoms with van der Waals surface area (Å²) in [5.74, 6) is -0.195. The molecule has 162 valence electrons. The minimum atomic E-state index is -4.18. The highest BCUT2D eigenvalue weighted by molar-refractivity contribution is 7.90. The Kier molecular flexibility index (Phi) is 6.09. The number of carbonyl (C=O) groups is 2. The summed E-state index contributed by atoms with van der Waals surface area (Å²) < 4.78 is 28.5. The average Bonchev–Trinajstić information content (AvgIpc) is 3.35. The van der Waals surface area contributed by atoms with E-state index in [0.29, 0.717) is 10.6 Å². The van der Waals surface area contributed by atoms with Crippen LogP contribution in [0.25, 0.3) is 0 Å². The van der Waals surface area contributed by atoms with Crippen LogP contribution in [0.4, 0.5) is 10.5 Å². The number of amides is 3. The lowest BCUT2D eigenvalue weighted by molar-refractivity contribution is 0.0828. The highest BCUT2D eigenvalue weighted by Gasteiger charge is 2.31. The second-order valence-corrected chi connectivity index (χ2v) is 9.74. The fourth-order valence-electron chi connectivity index (χ4n) is 2.96. The Labute approximate surface area is 180 Å². The third kappa shape index (κ3) is 4.76. The minimum absolute atomic E-state index is 0.0300. The largest absolute Gasteiger partial charge is 0.345 e. The maximum Gasteiger partial charge on any atom is 0.333 e. The quantitative estimate of drug-likeness (QED) is 0.697. The molecule has 0 radical (unpaired) electrons. The first-order valence-corrected chi connectivity index (χ1v) is 11.3. The molecular weight excluding hydrogens is 430 g/mol. The summed E-state index contributed by atoms with van der Waals surface area (Å²) in [5, 5.41) is 6.64. The summed E-state index contributed by atoms with van der Waals surface area (Å²) in [6, 6.07) is 3.46. The number of sulfonamides is 1. The summed E-state index contributed by atoms with van der Waals surface area (Å²) in [4.78, 5) is 26.6. The number of carbonyl (C=O) groups excluding carboxylic acids is 2. The van der Waals surface area contributed by atoms with Crippen LogP contribution in [0.2, 0.25) is 5.02 Å². The highest BCUT2D eigenvalue weighted by Crippen LogP contribution is 2.45. The Balaban J connectivity index is 1.89. The summed E-state index contributed by atoms with van der Waals surface area (Å²) in [7, 11) is -1.02. The zero-order valence-electron chi connectivity index (χ0n) is 17.1. The van der Waals surface area contributed by atoms with E-state index in [1.807, 2.05) is 18.6 Å². The molecule has 2 aromatic rings. The van der Waals surface area contributed by atoms with Crippen LogP contribution in [0.3, 0.4) is 0 Å². The molecule has 1 aromatic carbocycles. The molecule has 1 fully saturated rings. The number of benzene rings is 1. The summed E-state index contributed by atoms with van der Waals surface area (Å²) in [5.41, 5.74) is 1.18. The van der Waals surface area contributed by atoms with Crippen molar-refractivity contribution < 1.29 is 18.0 Å². The van der Waals surface area contributed by atoms with Crippen molar-refractivity contribution in [3.63, 3.8) is 0 Å². The van der Waals surface area contributed by atoms with E-state index in [0.717, 1.165) is 12.8 Å². The van der Waals surface area contributed by atoms with Crippen LogP contribution < -0.4 is 10.0 Å². The molecule has 11 heteroatoms. The molecule has 3 rings (SSSR count). The lowest BCUT2D eigenvalue weighted by atomic mass is 10.0. The van der Waals surface area contributed by atoms with E-state index >= 15 is 0 Å². The lowest BCUT2D eigenvalue weighted by Crippen LogP contribution is -2.36. The number of aromatic nitrogens is 2. The molecule has 0 saturated heterocycles. The Morgan fingerprint density at radius 3 is 2.47 bits per heavy atom. The van der Waals surface area contributed by atoms with Crippen LogP contribution in [0, 0.1) is 0 Å². The van der Waals surface area contributed by atoms with Gasteiger partial charge in [0.05, 0.1) is 11.3 Å². The molecule has 30 heavy (non-hydrogen) atoms. The predicted octanol–water partition coefficient (Wildman–Crippen LogP) is 3.21.